The average molecular weight is 456 g/mol. The summed E-state index contributed by atoms with van der Waals surface area (Å²) >= 11 is 10.4. The molecular formula is C12H26O10P2S2. The fourth-order valence-electron chi connectivity index (χ4n) is 1.15. The highest BCUT2D eigenvalue weighted by atomic mass is 32.5. The molecule has 0 amide bonds. The number of hydrogen-bond acceptors (Lipinski definition) is 10. The van der Waals surface area contributed by atoms with Crippen LogP contribution in [-0.4, -0.2) is 61.8 Å². The SMILES string of the molecule is CCOP(=S)(OCC)OP(=S)(OCC)OCC.O=C(O)COCC(=O)O. The van der Waals surface area contributed by atoms with E-state index in [1.807, 2.05) is 27.7 Å². The van der Waals surface area contributed by atoms with E-state index in [0.29, 0.717) is 26.4 Å². The molecule has 0 aromatic rings. The van der Waals surface area contributed by atoms with Crippen molar-refractivity contribution in [3.8, 4) is 0 Å². The lowest BCUT2D eigenvalue weighted by molar-refractivity contribution is -0.148. The number of aliphatic carboxylic acids is 2. The molecule has 0 atom stereocenters. The first-order chi connectivity index (χ1) is 12.1. The maximum absolute atomic E-state index is 9.66. The van der Waals surface area contributed by atoms with Crippen molar-refractivity contribution in [2.75, 3.05) is 39.6 Å². The zero-order valence-corrected chi connectivity index (χ0v) is 18.5. The molecule has 0 heterocycles. The topological polar surface area (TPSA) is 130 Å². The Bertz CT molecular complexity index is 440. The Morgan fingerprint density at radius 3 is 1.19 bits per heavy atom. The second kappa shape index (κ2) is 16.0. The number of ether oxygens (including phenoxy) is 1. The van der Waals surface area contributed by atoms with Gasteiger partial charge in [0.25, 0.3) is 0 Å². The largest absolute Gasteiger partial charge is 0.480 e. The maximum Gasteiger partial charge on any atom is 0.334 e. The molecule has 0 bridgehead atoms. The van der Waals surface area contributed by atoms with Crippen LogP contribution in [0.4, 0.5) is 0 Å². The van der Waals surface area contributed by atoms with Crippen molar-refractivity contribution in [1.29, 1.82) is 0 Å². The lowest BCUT2D eigenvalue weighted by Crippen LogP contribution is -2.13. The van der Waals surface area contributed by atoms with Crippen LogP contribution in [0.1, 0.15) is 27.7 Å². The average Bonchev–Trinajstić information content (AvgIpc) is 2.47. The molecular weight excluding hydrogens is 430 g/mol. The van der Waals surface area contributed by atoms with Gasteiger partial charge in [0.05, 0.1) is 26.4 Å². The highest BCUT2D eigenvalue weighted by Gasteiger charge is 2.31. The molecule has 0 aliphatic carbocycles. The van der Waals surface area contributed by atoms with Gasteiger partial charge in [0, 0.05) is 0 Å². The van der Waals surface area contributed by atoms with Crippen LogP contribution >= 0.6 is 13.4 Å². The van der Waals surface area contributed by atoms with E-state index in [2.05, 4.69) is 4.74 Å². The summed E-state index contributed by atoms with van der Waals surface area (Å²) in [6, 6.07) is 0. The zero-order valence-electron chi connectivity index (χ0n) is 15.1. The molecule has 14 heteroatoms. The first kappa shape index (κ1) is 28.2. The molecule has 0 rings (SSSR count). The van der Waals surface area contributed by atoms with E-state index < -0.39 is 38.6 Å². The van der Waals surface area contributed by atoms with Crippen LogP contribution in [0.25, 0.3) is 0 Å². The standard InChI is InChI=1S/C8H20O5P2S2.C4H6O5/c1-5-9-14(16,10-6-2)13-15(17,11-7-3)12-8-4;5-3(6)1-9-2-4(7)8/h5-8H2,1-4H3;1-2H2,(H,5,6)(H,7,8). The summed E-state index contributed by atoms with van der Waals surface area (Å²) in [5.74, 6) is -2.34. The Kier molecular flexibility index (Phi) is 17.4. The van der Waals surface area contributed by atoms with Crippen LogP contribution in [0.3, 0.4) is 0 Å². The molecule has 0 aromatic heterocycles. The molecule has 26 heavy (non-hydrogen) atoms. The van der Waals surface area contributed by atoms with Crippen LogP contribution in [0.2, 0.25) is 0 Å². The van der Waals surface area contributed by atoms with E-state index >= 15 is 0 Å². The third kappa shape index (κ3) is 16.2. The molecule has 0 aromatic carbocycles. The minimum absolute atomic E-state index is 0.394. The van der Waals surface area contributed by atoms with Crippen molar-refractivity contribution < 1.29 is 46.9 Å². The number of hydrogen-bond donors (Lipinski definition) is 2. The lowest BCUT2D eigenvalue weighted by atomic mass is 10.7. The van der Waals surface area contributed by atoms with Gasteiger partial charge in [-0.2, -0.15) is 0 Å². The van der Waals surface area contributed by atoms with Crippen molar-refractivity contribution >= 4 is 49.0 Å². The highest BCUT2D eigenvalue weighted by Crippen LogP contribution is 2.66. The minimum Gasteiger partial charge on any atom is -0.480 e. The van der Waals surface area contributed by atoms with Crippen molar-refractivity contribution in [3.63, 3.8) is 0 Å². The van der Waals surface area contributed by atoms with Crippen molar-refractivity contribution in [1.82, 2.24) is 0 Å². The predicted molar refractivity (Wildman–Crippen MR) is 102 cm³/mol. The summed E-state index contributed by atoms with van der Waals surface area (Å²) in [6.07, 6.45) is 0. The second-order valence-electron chi connectivity index (χ2n) is 3.93. The Hall–Kier alpha value is -0.000000000000000222. The second-order valence-corrected chi connectivity index (χ2v) is 10.1. The Balaban J connectivity index is 0. The van der Waals surface area contributed by atoms with E-state index in [-0.39, 0.29) is 0 Å². The molecule has 0 unspecified atom stereocenters. The van der Waals surface area contributed by atoms with Crippen molar-refractivity contribution in [2.45, 2.75) is 27.7 Å². The van der Waals surface area contributed by atoms with Gasteiger partial charge in [0.15, 0.2) is 0 Å². The monoisotopic (exact) mass is 456 g/mol. The Labute approximate surface area is 163 Å². The first-order valence-corrected chi connectivity index (χ1v) is 12.7. The normalized spacial score (nSPS) is 11.5. The van der Waals surface area contributed by atoms with Crippen LogP contribution < -0.4 is 0 Å². The summed E-state index contributed by atoms with van der Waals surface area (Å²) in [5, 5.41) is 15.8. The van der Waals surface area contributed by atoms with E-state index in [1.54, 1.807) is 0 Å². The van der Waals surface area contributed by atoms with Crippen LogP contribution in [0.5, 0.6) is 0 Å². The Morgan fingerprint density at radius 2 is 1.00 bits per heavy atom. The molecule has 10 nitrogen and oxygen atoms in total. The molecule has 2 N–H and O–H groups in total. The van der Waals surface area contributed by atoms with Crippen LogP contribution in [0, 0.1) is 0 Å². The first-order valence-electron chi connectivity index (χ1n) is 7.58. The summed E-state index contributed by atoms with van der Waals surface area (Å²) in [7, 11) is 0. The van der Waals surface area contributed by atoms with Gasteiger partial charge in [-0.05, 0) is 51.3 Å². The van der Waals surface area contributed by atoms with E-state index in [1.165, 1.54) is 0 Å². The van der Waals surface area contributed by atoms with Gasteiger partial charge in [-0.3, -0.25) is 0 Å². The van der Waals surface area contributed by atoms with Crippen molar-refractivity contribution in [2.24, 2.45) is 0 Å². The van der Waals surface area contributed by atoms with E-state index in [9.17, 15) is 9.59 Å². The third-order valence-corrected chi connectivity index (χ3v) is 8.16. The fraction of sp³-hybridized carbons (Fsp3) is 0.833. The molecule has 0 saturated heterocycles. The third-order valence-electron chi connectivity index (χ3n) is 1.80. The number of carboxylic acids is 2. The highest BCUT2D eigenvalue weighted by molar-refractivity contribution is 8.14. The summed E-state index contributed by atoms with van der Waals surface area (Å²) < 4.78 is 31.1. The molecule has 0 aliphatic heterocycles. The minimum atomic E-state index is -2.87. The lowest BCUT2D eigenvalue weighted by Gasteiger charge is -2.27. The summed E-state index contributed by atoms with van der Waals surface area (Å²) in [6.45, 7) is 1.96. The molecule has 0 saturated carbocycles. The molecule has 0 spiro atoms. The quantitative estimate of drug-likeness (QED) is 0.373. The van der Waals surface area contributed by atoms with Gasteiger partial charge in [-0.1, -0.05) is 0 Å². The van der Waals surface area contributed by atoms with E-state index in [4.69, 9.17) is 56.2 Å². The zero-order chi connectivity index (χ0) is 20.6. The molecule has 0 aliphatic rings. The van der Waals surface area contributed by atoms with Crippen molar-refractivity contribution in [3.05, 3.63) is 0 Å². The number of carboxylic acid groups (broad SMARTS) is 2. The molecule has 156 valence electrons. The van der Waals surface area contributed by atoms with Gasteiger partial charge in [-0.15, -0.1) is 0 Å². The molecule has 0 fully saturated rings. The van der Waals surface area contributed by atoms with Gasteiger partial charge >= 0.3 is 25.4 Å². The van der Waals surface area contributed by atoms with Crippen LogP contribution in [-0.2, 0) is 60.3 Å². The van der Waals surface area contributed by atoms with Gasteiger partial charge in [-0.25, -0.2) is 13.9 Å². The molecule has 0 radical (unpaired) electrons. The maximum atomic E-state index is 9.66. The fourth-order valence-corrected chi connectivity index (χ4v) is 7.52. The Morgan fingerprint density at radius 1 is 0.731 bits per heavy atom. The van der Waals surface area contributed by atoms with Gasteiger partial charge in [0.2, 0.25) is 0 Å². The van der Waals surface area contributed by atoms with Gasteiger partial charge < -0.3 is 33.0 Å². The van der Waals surface area contributed by atoms with Gasteiger partial charge in [0.1, 0.15) is 13.2 Å². The van der Waals surface area contributed by atoms with Crippen LogP contribution in [0.15, 0.2) is 0 Å². The summed E-state index contributed by atoms with van der Waals surface area (Å²) in [5.41, 5.74) is 0. The number of carbonyl (C=O) groups is 2. The van der Waals surface area contributed by atoms with E-state index in [0.717, 1.165) is 0 Å². The predicted octanol–water partition coefficient (Wildman–Crippen LogP) is 2.77. The summed E-state index contributed by atoms with van der Waals surface area (Å²) in [4.78, 5) is 19.3. The number of rotatable bonds is 14. The smallest absolute Gasteiger partial charge is 0.334 e.